The Labute approximate surface area is 202 Å². The van der Waals surface area contributed by atoms with Crippen LogP contribution in [0.5, 0.6) is 0 Å². The Hall–Kier alpha value is -2.42. The summed E-state index contributed by atoms with van der Waals surface area (Å²) in [4.78, 5) is 32.7. The van der Waals surface area contributed by atoms with Gasteiger partial charge in [0.25, 0.3) is 5.56 Å². The molecule has 5 nitrogen and oxygen atoms in total. The van der Waals surface area contributed by atoms with Crippen LogP contribution in [-0.2, 0) is 9.53 Å². The van der Waals surface area contributed by atoms with Crippen molar-refractivity contribution in [3.63, 3.8) is 0 Å². The molecule has 3 aromatic rings. The van der Waals surface area contributed by atoms with Crippen molar-refractivity contribution in [2.75, 3.05) is 12.9 Å². The molecule has 0 saturated heterocycles. The summed E-state index contributed by atoms with van der Waals surface area (Å²) in [6.07, 6.45) is 3.90. The van der Waals surface area contributed by atoms with E-state index in [-0.39, 0.29) is 12.2 Å². The van der Waals surface area contributed by atoms with E-state index in [1.807, 2.05) is 60.9 Å². The molecule has 1 aliphatic heterocycles. The van der Waals surface area contributed by atoms with Gasteiger partial charge in [0.2, 0.25) is 0 Å². The molecule has 1 atom stereocenters. The number of halogens is 1. The Balaban J connectivity index is 1.92. The molecule has 0 spiro atoms. The van der Waals surface area contributed by atoms with Gasteiger partial charge in [0.05, 0.1) is 28.5 Å². The van der Waals surface area contributed by atoms with E-state index < -0.39 is 12.0 Å². The molecule has 8 heteroatoms. The van der Waals surface area contributed by atoms with E-state index in [4.69, 9.17) is 4.74 Å². The third-order valence-electron chi connectivity index (χ3n) is 5.12. The van der Waals surface area contributed by atoms with Crippen LogP contribution in [0.1, 0.15) is 31.0 Å². The van der Waals surface area contributed by atoms with Crippen LogP contribution in [0.3, 0.4) is 0 Å². The van der Waals surface area contributed by atoms with E-state index in [2.05, 4.69) is 20.9 Å². The minimum Gasteiger partial charge on any atom is -0.463 e. The SMILES string of the molecule is CCOC(=O)C1=C(C)N=c2s/c(=C\c3ccc(SC)cc3)c(=O)n2C1c1ccc(Br)cc1. The van der Waals surface area contributed by atoms with E-state index in [0.29, 0.717) is 20.6 Å². The first-order valence-corrected chi connectivity index (χ1v) is 12.9. The maximum atomic E-state index is 13.5. The number of ether oxygens (including phenoxy) is 1. The van der Waals surface area contributed by atoms with Gasteiger partial charge in [-0.05, 0) is 61.6 Å². The number of nitrogens with zero attached hydrogens (tertiary/aromatic N) is 2. The van der Waals surface area contributed by atoms with Gasteiger partial charge in [-0.1, -0.05) is 51.5 Å². The van der Waals surface area contributed by atoms with E-state index in [1.165, 1.54) is 11.3 Å². The maximum absolute atomic E-state index is 13.5. The van der Waals surface area contributed by atoms with Crippen molar-refractivity contribution in [3.05, 3.63) is 95.1 Å². The molecule has 0 N–H and O–H groups in total. The summed E-state index contributed by atoms with van der Waals surface area (Å²) in [5.74, 6) is -0.455. The van der Waals surface area contributed by atoms with Crippen molar-refractivity contribution in [1.29, 1.82) is 0 Å². The quantitative estimate of drug-likeness (QED) is 0.366. The summed E-state index contributed by atoms with van der Waals surface area (Å²) in [7, 11) is 0. The van der Waals surface area contributed by atoms with E-state index >= 15 is 0 Å². The lowest BCUT2D eigenvalue weighted by Gasteiger charge is -2.24. The second kappa shape index (κ2) is 9.60. The third kappa shape index (κ3) is 4.40. The molecular weight excluding hydrogens is 508 g/mol. The monoisotopic (exact) mass is 528 g/mol. The molecule has 2 aromatic carbocycles. The van der Waals surface area contributed by atoms with Crippen LogP contribution in [-0.4, -0.2) is 23.4 Å². The van der Waals surface area contributed by atoms with Crippen molar-refractivity contribution in [3.8, 4) is 0 Å². The molecule has 2 heterocycles. The molecule has 0 fully saturated rings. The fourth-order valence-electron chi connectivity index (χ4n) is 3.60. The van der Waals surface area contributed by atoms with Crippen LogP contribution in [0.2, 0.25) is 0 Å². The normalized spacial score (nSPS) is 16.0. The molecular formula is C24H21BrN2O3S2. The van der Waals surface area contributed by atoms with Gasteiger partial charge < -0.3 is 4.74 Å². The number of thioether (sulfide) groups is 1. The number of carbonyl (C=O) groups excluding carboxylic acids is 1. The number of rotatable bonds is 5. The molecule has 164 valence electrons. The van der Waals surface area contributed by atoms with Crippen LogP contribution < -0.4 is 14.9 Å². The highest BCUT2D eigenvalue weighted by Crippen LogP contribution is 2.31. The fraction of sp³-hybridized carbons (Fsp3) is 0.208. The Morgan fingerprint density at radius 2 is 1.91 bits per heavy atom. The number of allylic oxidation sites excluding steroid dienone is 1. The molecule has 0 amide bonds. The summed E-state index contributed by atoms with van der Waals surface area (Å²) in [5.41, 5.74) is 2.54. The standard InChI is InChI=1S/C24H21BrN2O3S2/c1-4-30-23(29)20-14(2)26-24-27(21(20)16-7-9-17(25)10-8-16)22(28)19(32-24)13-15-5-11-18(31-3)12-6-15/h5-13,21H,4H2,1-3H3/b19-13-. The summed E-state index contributed by atoms with van der Waals surface area (Å²) < 4.78 is 8.41. The second-order valence-electron chi connectivity index (χ2n) is 7.13. The lowest BCUT2D eigenvalue weighted by atomic mass is 9.96. The number of carbonyl (C=O) groups is 1. The van der Waals surface area contributed by atoms with Gasteiger partial charge in [-0.15, -0.1) is 11.8 Å². The first-order valence-electron chi connectivity index (χ1n) is 10.0. The number of hydrogen-bond acceptors (Lipinski definition) is 6. The smallest absolute Gasteiger partial charge is 0.338 e. The van der Waals surface area contributed by atoms with Crippen LogP contribution in [0.15, 0.2) is 79.0 Å². The number of esters is 1. The Morgan fingerprint density at radius 3 is 2.53 bits per heavy atom. The molecule has 1 aromatic heterocycles. The second-order valence-corrected chi connectivity index (χ2v) is 9.93. The van der Waals surface area contributed by atoms with E-state index in [0.717, 1.165) is 20.5 Å². The summed E-state index contributed by atoms with van der Waals surface area (Å²) in [6, 6.07) is 15.1. The molecule has 1 aliphatic rings. The summed E-state index contributed by atoms with van der Waals surface area (Å²) >= 11 is 6.45. The van der Waals surface area contributed by atoms with Crippen molar-refractivity contribution in [1.82, 2.24) is 4.57 Å². The molecule has 0 saturated carbocycles. The fourth-order valence-corrected chi connectivity index (χ4v) is 5.32. The van der Waals surface area contributed by atoms with Gasteiger partial charge in [0.15, 0.2) is 4.80 Å². The minimum atomic E-state index is -0.598. The maximum Gasteiger partial charge on any atom is 0.338 e. The number of fused-ring (bicyclic) bond motifs is 1. The molecule has 0 radical (unpaired) electrons. The average Bonchev–Trinajstić information content (AvgIpc) is 3.08. The van der Waals surface area contributed by atoms with Crippen LogP contribution in [0.4, 0.5) is 0 Å². The largest absolute Gasteiger partial charge is 0.463 e. The minimum absolute atomic E-state index is 0.176. The lowest BCUT2D eigenvalue weighted by Crippen LogP contribution is -2.39. The first-order chi connectivity index (χ1) is 15.4. The predicted molar refractivity (Wildman–Crippen MR) is 133 cm³/mol. The van der Waals surface area contributed by atoms with E-state index in [9.17, 15) is 9.59 Å². The van der Waals surface area contributed by atoms with E-state index in [1.54, 1.807) is 30.2 Å². The highest BCUT2D eigenvalue weighted by Gasteiger charge is 2.33. The van der Waals surface area contributed by atoms with Crippen LogP contribution >= 0.6 is 39.0 Å². The van der Waals surface area contributed by atoms with Gasteiger partial charge in [0.1, 0.15) is 0 Å². The van der Waals surface area contributed by atoms with Gasteiger partial charge in [0, 0.05) is 9.37 Å². The summed E-state index contributed by atoms with van der Waals surface area (Å²) in [6.45, 7) is 3.80. The molecule has 4 rings (SSSR count). The zero-order chi connectivity index (χ0) is 22.8. The van der Waals surface area contributed by atoms with Crippen LogP contribution in [0.25, 0.3) is 6.08 Å². The number of thiazole rings is 1. The molecule has 32 heavy (non-hydrogen) atoms. The van der Waals surface area contributed by atoms with Crippen molar-refractivity contribution in [2.24, 2.45) is 4.99 Å². The van der Waals surface area contributed by atoms with Gasteiger partial charge in [-0.2, -0.15) is 0 Å². The average molecular weight is 529 g/mol. The highest BCUT2D eigenvalue weighted by atomic mass is 79.9. The topological polar surface area (TPSA) is 60.7 Å². The molecule has 0 aliphatic carbocycles. The molecule has 0 bridgehead atoms. The first kappa shape index (κ1) is 22.8. The number of hydrogen-bond donors (Lipinski definition) is 0. The van der Waals surface area contributed by atoms with Crippen molar-refractivity contribution in [2.45, 2.75) is 24.8 Å². The Bertz CT molecular complexity index is 1370. The van der Waals surface area contributed by atoms with Gasteiger partial charge in [-0.25, -0.2) is 9.79 Å². The zero-order valence-corrected chi connectivity index (χ0v) is 21.0. The number of benzene rings is 2. The lowest BCUT2D eigenvalue weighted by molar-refractivity contribution is -0.139. The predicted octanol–water partition coefficient (Wildman–Crippen LogP) is 4.28. The zero-order valence-electron chi connectivity index (χ0n) is 17.8. The van der Waals surface area contributed by atoms with Crippen molar-refractivity contribution >= 4 is 51.1 Å². The van der Waals surface area contributed by atoms with Crippen molar-refractivity contribution < 1.29 is 9.53 Å². The third-order valence-corrected chi connectivity index (χ3v) is 7.37. The van der Waals surface area contributed by atoms with Crippen LogP contribution in [0, 0.1) is 0 Å². The Morgan fingerprint density at radius 1 is 1.22 bits per heavy atom. The Kier molecular flexibility index (Phi) is 6.83. The molecule has 1 unspecified atom stereocenters. The summed E-state index contributed by atoms with van der Waals surface area (Å²) in [5, 5.41) is 0. The van der Waals surface area contributed by atoms with Gasteiger partial charge in [-0.3, -0.25) is 9.36 Å². The number of aromatic nitrogens is 1. The highest BCUT2D eigenvalue weighted by molar-refractivity contribution is 9.10. The van der Waals surface area contributed by atoms with Gasteiger partial charge >= 0.3 is 5.97 Å².